The number of methoxy groups -OCH3 is 1. The van der Waals surface area contributed by atoms with Crippen molar-refractivity contribution in [2.75, 3.05) is 13.7 Å². The Hall–Kier alpha value is -1.60. The molecule has 0 aromatic carbocycles. The normalized spacial score (nSPS) is 11.8. The van der Waals surface area contributed by atoms with Gasteiger partial charge in [-0.15, -0.1) is 17.4 Å². The molecule has 1 aromatic rings. The summed E-state index contributed by atoms with van der Waals surface area (Å²) in [5.41, 5.74) is 0.935. The fraction of sp³-hybridized carbons (Fsp3) is 0.538. The van der Waals surface area contributed by atoms with Gasteiger partial charge in [0.1, 0.15) is 0 Å². The Bertz CT molecular complexity index is 356. The molecule has 0 radical (unpaired) electrons. The highest BCUT2D eigenvalue weighted by atomic mass is 16.5. The maximum absolute atomic E-state index is 5.25. The van der Waals surface area contributed by atoms with Crippen LogP contribution in [-0.4, -0.2) is 23.9 Å². The molecule has 1 aromatic heterocycles. The third-order valence-electron chi connectivity index (χ3n) is 2.49. The lowest BCUT2D eigenvalue weighted by molar-refractivity contribution is 0.388. The summed E-state index contributed by atoms with van der Waals surface area (Å²) in [7, 11) is 1.58. The summed E-state index contributed by atoms with van der Waals surface area (Å²) in [6.45, 7) is 2.97. The molecule has 1 unspecified atom stereocenters. The molecule has 0 saturated heterocycles. The first-order valence-electron chi connectivity index (χ1n) is 5.86. The lowest BCUT2D eigenvalue weighted by Gasteiger charge is -2.16. The summed E-state index contributed by atoms with van der Waals surface area (Å²) in [4.78, 5) is 0. The average molecular weight is 233 g/mol. The molecule has 1 rings (SSSR count). The minimum Gasteiger partial charge on any atom is -0.480 e. The molecule has 0 saturated carbocycles. The van der Waals surface area contributed by atoms with Gasteiger partial charge in [-0.3, -0.25) is 0 Å². The maximum Gasteiger partial charge on any atom is 0.233 e. The van der Waals surface area contributed by atoms with E-state index >= 15 is 0 Å². The van der Waals surface area contributed by atoms with Crippen molar-refractivity contribution >= 4 is 0 Å². The van der Waals surface area contributed by atoms with Crippen LogP contribution in [0.15, 0.2) is 12.1 Å². The van der Waals surface area contributed by atoms with Gasteiger partial charge in [0.2, 0.25) is 5.88 Å². The van der Waals surface area contributed by atoms with Gasteiger partial charge in [-0.25, -0.2) is 0 Å². The van der Waals surface area contributed by atoms with Crippen LogP contribution >= 0.6 is 0 Å². The Balaban J connectivity index is 2.64. The number of nitrogens with one attached hydrogen (secondary N) is 1. The van der Waals surface area contributed by atoms with E-state index in [1.807, 2.05) is 12.1 Å². The molecule has 0 fully saturated rings. The smallest absolute Gasteiger partial charge is 0.233 e. The second-order valence-corrected chi connectivity index (χ2v) is 3.71. The van der Waals surface area contributed by atoms with Gasteiger partial charge in [-0.05, 0) is 25.5 Å². The van der Waals surface area contributed by atoms with E-state index in [4.69, 9.17) is 11.2 Å². The van der Waals surface area contributed by atoms with Gasteiger partial charge in [-0.1, -0.05) is 6.92 Å². The molecule has 17 heavy (non-hydrogen) atoms. The number of rotatable bonds is 7. The highest BCUT2D eigenvalue weighted by molar-refractivity contribution is 5.14. The van der Waals surface area contributed by atoms with Crippen molar-refractivity contribution in [1.29, 1.82) is 0 Å². The Morgan fingerprint density at radius 2 is 2.29 bits per heavy atom. The third-order valence-corrected chi connectivity index (χ3v) is 2.49. The molecule has 0 amide bonds. The molecule has 0 spiro atoms. The van der Waals surface area contributed by atoms with E-state index in [0.29, 0.717) is 5.88 Å². The van der Waals surface area contributed by atoms with E-state index in [2.05, 4.69) is 28.4 Å². The van der Waals surface area contributed by atoms with Crippen molar-refractivity contribution in [2.24, 2.45) is 0 Å². The Labute approximate surface area is 103 Å². The molecule has 0 aliphatic heterocycles. The van der Waals surface area contributed by atoms with Gasteiger partial charge >= 0.3 is 0 Å². The summed E-state index contributed by atoms with van der Waals surface area (Å²) in [5, 5.41) is 11.5. The average Bonchev–Trinajstić information content (AvgIpc) is 2.38. The van der Waals surface area contributed by atoms with E-state index in [1.165, 1.54) is 0 Å². The topological polar surface area (TPSA) is 47.0 Å². The summed E-state index contributed by atoms with van der Waals surface area (Å²) in [5.74, 6) is 3.19. The highest BCUT2D eigenvalue weighted by Gasteiger charge is 2.11. The Morgan fingerprint density at radius 3 is 2.82 bits per heavy atom. The molecule has 1 N–H and O–H groups in total. The summed E-state index contributed by atoms with van der Waals surface area (Å²) >= 11 is 0. The first-order chi connectivity index (χ1) is 8.31. The minimum absolute atomic E-state index is 0.215. The van der Waals surface area contributed by atoms with Crippen LogP contribution in [0, 0.1) is 12.3 Å². The van der Waals surface area contributed by atoms with Crippen molar-refractivity contribution in [3.05, 3.63) is 17.8 Å². The van der Waals surface area contributed by atoms with Gasteiger partial charge in [0.15, 0.2) is 0 Å². The lowest BCUT2D eigenvalue weighted by Crippen LogP contribution is -2.22. The highest BCUT2D eigenvalue weighted by Crippen LogP contribution is 2.17. The number of ether oxygens (including phenoxy) is 1. The van der Waals surface area contributed by atoms with Crippen LogP contribution in [0.3, 0.4) is 0 Å². The molecular formula is C13H19N3O. The SMILES string of the molecule is C#CCCCC(NCC)c1ccc(OC)nn1. The van der Waals surface area contributed by atoms with Crippen LogP contribution in [0.25, 0.3) is 0 Å². The van der Waals surface area contributed by atoms with Gasteiger partial charge < -0.3 is 10.1 Å². The van der Waals surface area contributed by atoms with Crippen LogP contribution < -0.4 is 10.1 Å². The molecule has 1 heterocycles. The monoisotopic (exact) mass is 233 g/mol. The van der Waals surface area contributed by atoms with Gasteiger partial charge in [-0.2, -0.15) is 5.10 Å². The molecule has 0 aliphatic carbocycles. The van der Waals surface area contributed by atoms with E-state index in [9.17, 15) is 0 Å². The molecule has 0 aliphatic rings. The van der Waals surface area contributed by atoms with Crippen LogP contribution in [0.5, 0.6) is 5.88 Å². The van der Waals surface area contributed by atoms with E-state index < -0.39 is 0 Å². The summed E-state index contributed by atoms with van der Waals surface area (Å²) in [6, 6.07) is 3.98. The second kappa shape index (κ2) is 7.64. The van der Waals surface area contributed by atoms with Gasteiger partial charge in [0.25, 0.3) is 0 Å². The lowest BCUT2D eigenvalue weighted by atomic mass is 10.1. The van der Waals surface area contributed by atoms with Crippen molar-refractivity contribution < 1.29 is 4.74 Å². The fourth-order valence-corrected chi connectivity index (χ4v) is 1.63. The first kappa shape index (κ1) is 13.5. The summed E-state index contributed by atoms with van der Waals surface area (Å²) in [6.07, 6.45) is 8.01. The summed E-state index contributed by atoms with van der Waals surface area (Å²) < 4.78 is 4.99. The number of terminal acetylenes is 1. The standard InChI is InChI=1S/C13H19N3O/c1-4-6-7-8-11(14-5-2)12-9-10-13(17-3)16-15-12/h1,9-11,14H,5-8H2,2-3H3. The number of hydrogen-bond donors (Lipinski definition) is 1. The zero-order valence-corrected chi connectivity index (χ0v) is 10.4. The molecule has 0 bridgehead atoms. The number of aromatic nitrogens is 2. The Kier molecular flexibility index (Phi) is 6.05. The zero-order valence-electron chi connectivity index (χ0n) is 10.4. The zero-order chi connectivity index (χ0) is 12.5. The van der Waals surface area contributed by atoms with Crippen LogP contribution in [0.2, 0.25) is 0 Å². The molecule has 4 heteroatoms. The third kappa shape index (κ3) is 4.41. The number of hydrogen-bond acceptors (Lipinski definition) is 4. The van der Waals surface area contributed by atoms with Crippen molar-refractivity contribution in [1.82, 2.24) is 15.5 Å². The maximum atomic E-state index is 5.25. The molecule has 4 nitrogen and oxygen atoms in total. The predicted molar refractivity (Wildman–Crippen MR) is 67.7 cm³/mol. The van der Waals surface area contributed by atoms with Crippen LogP contribution in [-0.2, 0) is 0 Å². The largest absolute Gasteiger partial charge is 0.480 e. The fourth-order valence-electron chi connectivity index (χ4n) is 1.63. The van der Waals surface area contributed by atoms with Crippen LogP contribution in [0.4, 0.5) is 0 Å². The van der Waals surface area contributed by atoms with E-state index in [1.54, 1.807) is 7.11 Å². The quantitative estimate of drug-likeness (QED) is 0.577. The minimum atomic E-state index is 0.215. The molecule has 92 valence electrons. The van der Waals surface area contributed by atoms with Crippen LogP contribution in [0.1, 0.15) is 37.9 Å². The van der Waals surface area contributed by atoms with Crippen molar-refractivity contribution in [3.63, 3.8) is 0 Å². The van der Waals surface area contributed by atoms with Crippen molar-refractivity contribution in [2.45, 2.75) is 32.2 Å². The van der Waals surface area contributed by atoms with E-state index in [0.717, 1.165) is 31.5 Å². The Morgan fingerprint density at radius 1 is 1.47 bits per heavy atom. The first-order valence-corrected chi connectivity index (χ1v) is 5.86. The molecule has 1 atom stereocenters. The number of nitrogens with zero attached hydrogens (tertiary/aromatic N) is 2. The van der Waals surface area contributed by atoms with Crippen molar-refractivity contribution in [3.8, 4) is 18.2 Å². The second-order valence-electron chi connectivity index (χ2n) is 3.71. The van der Waals surface area contributed by atoms with Gasteiger partial charge in [0.05, 0.1) is 18.8 Å². The molecular weight excluding hydrogens is 214 g/mol. The van der Waals surface area contributed by atoms with Gasteiger partial charge in [0, 0.05) is 12.5 Å². The number of unbranched alkanes of at least 4 members (excludes halogenated alkanes) is 1. The predicted octanol–water partition coefficient (Wildman–Crippen LogP) is 1.94. The van der Waals surface area contributed by atoms with E-state index in [-0.39, 0.29) is 6.04 Å².